The van der Waals surface area contributed by atoms with Crippen LogP contribution in [0.4, 0.5) is 5.69 Å². The van der Waals surface area contributed by atoms with Crippen LogP contribution in [0.1, 0.15) is 0 Å². The van der Waals surface area contributed by atoms with Gasteiger partial charge in [-0.15, -0.1) is 0 Å². The fraction of sp³-hybridized carbons (Fsp3) is 0.143. The van der Waals surface area contributed by atoms with Gasteiger partial charge in [0.15, 0.2) is 0 Å². The van der Waals surface area contributed by atoms with Crippen LogP contribution in [0.25, 0.3) is 0 Å². The van der Waals surface area contributed by atoms with Gasteiger partial charge >= 0.3 is 0 Å². The van der Waals surface area contributed by atoms with Gasteiger partial charge in [-0.1, -0.05) is 11.2 Å². The highest BCUT2D eigenvalue weighted by molar-refractivity contribution is 5.98. The lowest BCUT2D eigenvalue weighted by Crippen LogP contribution is -2.07. The molecular weight excluding hydrogens is 158 g/mol. The van der Waals surface area contributed by atoms with Crippen molar-refractivity contribution in [1.82, 2.24) is 5.16 Å². The number of aromatic nitrogens is 1. The van der Waals surface area contributed by atoms with E-state index in [9.17, 15) is 4.79 Å². The maximum absolute atomic E-state index is 10.9. The average Bonchev–Trinajstić information content (AvgIpc) is 2.53. The summed E-state index contributed by atoms with van der Waals surface area (Å²) >= 11 is 0. The first-order valence-corrected chi connectivity index (χ1v) is 3.40. The van der Waals surface area contributed by atoms with Gasteiger partial charge in [0, 0.05) is 12.6 Å². The molecule has 1 aromatic rings. The second kappa shape index (κ2) is 4.30. The van der Waals surface area contributed by atoms with Gasteiger partial charge in [-0.3, -0.25) is 4.79 Å². The fourth-order valence-corrected chi connectivity index (χ4v) is 0.626. The molecule has 0 aliphatic heterocycles. The molecule has 0 unspecified atom stereocenters. The van der Waals surface area contributed by atoms with Crippen LogP contribution in [-0.2, 0) is 4.79 Å². The van der Waals surface area contributed by atoms with Gasteiger partial charge in [0.05, 0.1) is 6.20 Å². The smallest absolute Gasteiger partial charge is 0.248 e. The van der Waals surface area contributed by atoms with Gasteiger partial charge in [0.25, 0.3) is 0 Å². The van der Waals surface area contributed by atoms with Crippen LogP contribution in [0.5, 0.6) is 0 Å². The Morgan fingerprint density at radius 3 is 3.25 bits per heavy atom. The van der Waals surface area contributed by atoms with Crippen molar-refractivity contribution in [2.24, 2.45) is 5.73 Å². The van der Waals surface area contributed by atoms with E-state index in [0.717, 1.165) is 0 Å². The van der Waals surface area contributed by atoms with E-state index in [2.05, 4.69) is 15.0 Å². The van der Waals surface area contributed by atoms with Crippen LogP contribution in [0, 0.1) is 0 Å². The normalized spacial score (nSPS) is 10.4. The number of rotatable bonds is 3. The highest BCUT2D eigenvalue weighted by Gasteiger charge is 1.97. The first-order chi connectivity index (χ1) is 5.83. The number of nitrogens with zero attached hydrogens (tertiary/aromatic N) is 1. The van der Waals surface area contributed by atoms with E-state index in [4.69, 9.17) is 5.73 Å². The first-order valence-electron chi connectivity index (χ1n) is 3.40. The second-order valence-corrected chi connectivity index (χ2v) is 2.04. The molecule has 12 heavy (non-hydrogen) atoms. The van der Waals surface area contributed by atoms with Crippen molar-refractivity contribution in [3.05, 3.63) is 24.6 Å². The van der Waals surface area contributed by atoms with Crippen molar-refractivity contribution in [1.29, 1.82) is 0 Å². The molecule has 5 heteroatoms. The van der Waals surface area contributed by atoms with Gasteiger partial charge in [-0.2, -0.15) is 0 Å². The molecule has 1 aromatic heterocycles. The summed E-state index contributed by atoms with van der Waals surface area (Å²) in [6.45, 7) is 0.344. The topological polar surface area (TPSA) is 81.2 Å². The third-order valence-corrected chi connectivity index (χ3v) is 1.11. The Balaban J connectivity index is 2.42. The summed E-state index contributed by atoms with van der Waals surface area (Å²) in [6.07, 6.45) is 5.66. The number of amides is 1. The molecule has 0 saturated carbocycles. The molecule has 0 aromatic carbocycles. The molecule has 0 fully saturated rings. The van der Waals surface area contributed by atoms with Crippen LogP contribution in [0.15, 0.2) is 29.1 Å². The van der Waals surface area contributed by atoms with E-state index in [1.807, 2.05) is 0 Å². The number of hydrogen-bond donors (Lipinski definition) is 2. The molecule has 0 bridgehead atoms. The van der Waals surface area contributed by atoms with E-state index in [1.54, 1.807) is 6.08 Å². The van der Waals surface area contributed by atoms with Gasteiger partial charge in [0.1, 0.15) is 12.0 Å². The molecule has 1 heterocycles. The minimum Gasteiger partial charge on any atom is -0.363 e. The lowest BCUT2D eigenvalue weighted by Gasteiger charge is -1.93. The van der Waals surface area contributed by atoms with Crippen LogP contribution in [0.2, 0.25) is 0 Å². The van der Waals surface area contributed by atoms with E-state index < -0.39 is 0 Å². The Kier molecular flexibility index (Phi) is 3.04. The number of hydrogen-bond acceptors (Lipinski definition) is 4. The molecule has 1 amide bonds. The molecule has 0 aliphatic rings. The summed E-state index contributed by atoms with van der Waals surface area (Å²) < 4.78 is 4.51. The van der Waals surface area contributed by atoms with Gasteiger partial charge < -0.3 is 15.6 Å². The Hall–Kier alpha value is -1.62. The van der Waals surface area contributed by atoms with Crippen LogP contribution >= 0.6 is 0 Å². The fourth-order valence-electron chi connectivity index (χ4n) is 0.626. The molecule has 1 rings (SSSR count). The lowest BCUT2D eigenvalue weighted by molar-refractivity contribution is -0.111. The summed E-state index contributed by atoms with van der Waals surface area (Å²) in [5.74, 6) is -0.247. The van der Waals surface area contributed by atoms with E-state index >= 15 is 0 Å². The summed E-state index contributed by atoms with van der Waals surface area (Å²) in [6, 6.07) is 0. The van der Waals surface area contributed by atoms with Crippen molar-refractivity contribution in [2.45, 2.75) is 0 Å². The Morgan fingerprint density at radius 1 is 1.83 bits per heavy atom. The zero-order valence-electron chi connectivity index (χ0n) is 6.36. The van der Waals surface area contributed by atoms with Crippen molar-refractivity contribution < 1.29 is 9.32 Å². The van der Waals surface area contributed by atoms with E-state index in [1.165, 1.54) is 18.5 Å². The predicted octanol–water partition coefficient (Wildman–Crippen LogP) is 0.128. The van der Waals surface area contributed by atoms with Crippen molar-refractivity contribution in [2.75, 3.05) is 11.9 Å². The SMILES string of the molecule is NC/C=C/C(=O)Nc1cnoc1. The van der Waals surface area contributed by atoms with Crippen LogP contribution < -0.4 is 11.1 Å². The first kappa shape index (κ1) is 8.48. The number of carbonyl (C=O) groups excluding carboxylic acids is 1. The Labute approximate surface area is 69.2 Å². The van der Waals surface area contributed by atoms with Gasteiger partial charge in [-0.05, 0) is 0 Å². The standard InChI is InChI=1S/C7H9N3O2/c8-3-1-2-7(11)10-6-4-9-12-5-6/h1-2,4-5H,3,8H2,(H,10,11)/b2-1+. The Morgan fingerprint density at radius 2 is 2.67 bits per heavy atom. The number of carbonyl (C=O) groups is 1. The largest absolute Gasteiger partial charge is 0.363 e. The quantitative estimate of drug-likeness (QED) is 0.627. The molecular formula is C7H9N3O2. The maximum Gasteiger partial charge on any atom is 0.248 e. The minimum absolute atomic E-state index is 0.247. The third kappa shape index (κ3) is 2.55. The van der Waals surface area contributed by atoms with Crippen molar-refractivity contribution >= 4 is 11.6 Å². The number of anilines is 1. The molecule has 0 spiro atoms. The van der Waals surface area contributed by atoms with E-state index in [0.29, 0.717) is 12.2 Å². The molecule has 0 atom stereocenters. The molecule has 0 radical (unpaired) electrons. The highest BCUT2D eigenvalue weighted by atomic mass is 16.5. The summed E-state index contributed by atoms with van der Waals surface area (Å²) in [7, 11) is 0. The zero-order valence-corrected chi connectivity index (χ0v) is 6.36. The Bertz CT molecular complexity index is 266. The third-order valence-electron chi connectivity index (χ3n) is 1.11. The maximum atomic E-state index is 10.9. The van der Waals surface area contributed by atoms with Crippen LogP contribution in [0.3, 0.4) is 0 Å². The summed E-state index contributed by atoms with van der Waals surface area (Å²) in [5.41, 5.74) is 5.68. The minimum atomic E-state index is -0.247. The highest BCUT2D eigenvalue weighted by Crippen LogP contribution is 2.02. The van der Waals surface area contributed by atoms with E-state index in [-0.39, 0.29) is 5.91 Å². The van der Waals surface area contributed by atoms with Gasteiger partial charge in [-0.25, -0.2) is 0 Å². The van der Waals surface area contributed by atoms with Crippen molar-refractivity contribution in [3.8, 4) is 0 Å². The summed E-state index contributed by atoms with van der Waals surface area (Å²) in [5, 5.41) is 5.94. The molecule has 5 nitrogen and oxygen atoms in total. The van der Waals surface area contributed by atoms with Crippen molar-refractivity contribution in [3.63, 3.8) is 0 Å². The predicted molar refractivity (Wildman–Crippen MR) is 43.3 cm³/mol. The average molecular weight is 167 g/mol. The zero-order chi connectivity index (χ0) is 8.81. The summed E-state index contributed by atoms with van der Waals surface area (Å²) in [4.78, 5) is 10.9. The molecule has 3 N–H and O–H groups in total. The monoisotopic (exact) mass is 167 g/mol. The molecule has 0 saturated heterocycles. The van der Waals surface area contributed by atoms with Gasteiger partial charge in [0.2, 0.25) is 5.91 Å². The molecule has 64 valence electrons. The second-order valence-electron chi connectivity index (χ2n) is 2.04. The number of nitrogens with one attached hydrogen (secondary N) is 1. The molecule has 0 aliphatic carbocycles. The lowest BCUT2D eigenvalue weighted by atomic mass is 10.4. The van der Waals surface area contributed by atoms with Crippen LogP contribution in [-0.4, -0.2) is 17.6 Å². The number of nitrogens with two attached hydrogens (primary N) is 1.